The Kier molecular flexibility index (Phi) is 4.92. The van der Waals surface area contributed by atoms with Gasteiger partial charge in [0.25, 0.3) is 5.91 Å². The Labute approximate surface area is 126 Å². The third kappa shape index (κ3) is 3.57. The third-order valence-corrected chi connectivity index (χ3v) is 4.07. The summed E-state index contributed by atoms with van der Waals surface area (Å²) in [5, 5.41) is 2.97. The molecule has 0 saturated heterocycles. The van der Waals surface area contributed by atoms with Crippen LogP contribution in [0.3, 0.4) is 0 Å². The lowest BCUT2D eigenvalue weighted by Gasteiger charge is -2.30. The normalized spacial score (nSPS) is 14.4. The van der Waals surface area contributed by atoms with Gasteiger partial charge in [0.2, 0.25) is 0 Å². The van der Waals surface area contributed by atoms with Crippen LogP contribution < -0.4 is 11.1 Å². The molecule has 0 aliphatic heterocycles. The first-order valence-electron chi connectivity index (χ1n) is 6.83. The van der Waals surface area contributed by atoms with Crippen molar-refractivity contribution >= 4 is 23.1 Å². The summed E-state index contributed by atoms with van der Waals surface area (Å²) >= 11 is 5.07. The van der Waals surface area contributed by atoms with Crippen LogP contribution in [0.2, 0.25) is 0 Å². The maximum Gasteiger partial charge on any atom is 0.252 e. The maximum absolute atomic E-state index is 12.6. The summed E-state index contributed by atoms with van der Waals surface area (Å²) in [6, 6.07) is 7.64. The van der Waals surface area contributed by atoms with Crippen LogP contribution in [-0.4, -0.2) is 16.4 Å². The lowest BCUT2D eigenvalue weighted by molar-refractivity contribution is 0.0924. The van der Waals surface area contributed by atoms with Gasteiger partial charge < -0.3 is 11.1 Å². The third-order valence-electron chi connectivity index (χ3n) is 3.62. The van der Waals surface area contributed by atoms with Gasteiger partial charge in [0.1, 0.15) is 0 Å². The minimum Gasteiger partial charge on any atom is -0.391 e. The molecule has 20 heavy (non-hydrogen) atoms. The van der Waals surface area contributed by atoms with Crippen molar-refractivity contribution < 1.29 is 4.79 Å². The predicted octanol–water partition coefficient (Wildman–Crippen LogP) is 3.17. The molecule has 1 amide bonds. The van der Waals surface area contributed by atoms with Gasteiger partial charge in [-0.25, -0.2) is 0 Å². The highest BCUT2D eigenvalue weighted by Gasteiger charge is 2.30. The molecule has 1 rings (SSSR count). The number of hydrogen-bond donors (Lipinski definition) is 2. The van der Waals surface area contributed by atoms with E-state index in [1.807, 2.05) is 38.1 Å². The molecule has 0 aromatic heterocycles. The van der Waals surface area contributed by atoms with Crippen molar-refractivity contribution in [3.8, 4) is 0 Å². The zero-order valence-corrected chi connectivity index (χ0v) is 13.7. The number of hydrogen-bond acceptors (Lipinski definition) is 2. The summed E-state index contributed by atoms with van der Waals surface area (Å²) < 4.78 is 0. The topological polar surface area (TPSA) is 55.1 Å². The number of carbonyl (C=O) groups is 1. The molecule has 0 heterocycles. The molecule has 110 valence electrons. The van der Waals surface area contributed by atoms with Crippen LogP contribution in [0.1, 0.15) is 57.0 Å². The van der Waals surface area contributed by atoms with Crippen LogP contribution >= 0.6 is 12.2 Å². The Hall–Kier alpha value is -1.42. The second-order valence-electron chi connectivity index (χ2n) is 6.30. The van der Waals surface area contributed by atoms with Crippen LogP contribution in [-0.2, 0) is 5.41 Å². The summed E-state index contributed by atoms with van der Waals surface area (Å²) in [7, 11) is 0. The van der Waals surface area contributed by atoms with Gasteiger partial charge in [-0.15, -0.1) is 0 Å². The first kappa shape index (κ1) is 16.6. The zero-order valence-electron chi connectivity index (χ0n) is 12.9. The largest absolute Gasteiger partial charge is 0.391 e. The molecule has 4 heteroatoms. The van der Waals surface area contributed by atoms with Gasteiger partial charge in [-0.1, -0.05) is 58.1 Å². The number of nitrogens with two attached hydrogens (primary N) is 1. The van der Waals surface area contributed by atoms with Crippen LogP contribution in [0.15, 0.2) is 24.3 Å². The highest BCUT2D eigenvalue weighted by Crippen LogP contribution is 2.26. The lowest BCUT2D eigenvalue weighted by atomic mass is 9.83. The molecule has 1 aromatic carbocycles. The average Bonchev–Trinajstić information content (AvgIpc) is 2.37. The number of thiocarbonyl (C=S) groups is 1. The van der Waals surface area contributed by atoms with E-state index in [-0.39, 0.29) is 11.3 Å². The van der Waals surface area contributed by atoms with E-state index in [0.29, 0.717) is 17.0 Å². The van der Waals surface area contributed by atoms with Crippen LogP contribution in [0.4, 0.5) is 0 Å². The monoisotopic (exact) mass is 292 g/mol. The van der Waals surface area contributed by atoms with E-state index < -0.39 is 5.54 Å². The van der Waals surface area contributed by atoms with Crippen molar-refractivity contribution in [2.24, 2.45) is 5.73 Å². The molecule has 0 aliphatic carbocycles. The SMILES string of the molecule is CCC(C)(NC(=O)c1ccccc1C(C)(C)C)C(N)=S. The molecular formula is C16H24N2OS. The Morgan fingerprint density at radius 1 is 1.25 bits per heavy atom. The van der Waals surface area contributed by atoms with Gasteiger partial charge in [0, 0.05) is 5.56 Å². The van der Waals surface area contributed by atoms with Crippen LogP contribution in [0.25, 0.3) is 0 Å². The van der Waals surface area contributed by atoms with E-state index in [2.05, 4.69) is 26.1 Å². The first-order valence-corrected chi connectivity index (χ1v) is 7.24. The van der Waals surface area contributed by atoms with E-state index in [9.17, 15) is 4.79 Å². The van der Waals surface area contributed by atoms with E-state index in [0.717, 1.165) is 5.56 Å². The molecule has 3 N–H and O–H groups in total. The molecule has 0 spiro atoms. The number of nitrogens with one attached hydrogen (secondary N) is 1. The molecule has 0 radical (unpaired) electrons. The molecule has 1 atom stereocenters. The maximum atomic E-state index is 12.6. The highest BCUT2D eigenvalue weighted by molar-refractivity contribution is 7.80. The number of amides is 1. The van der Waals surface area contributed by atoms with Crippen LogP contribution in [0, 0.1) is 0 Å². The minimum absolute atomic E-state index is 0.0974. The smallest absolute Gasteiger partial charge is 0.252 e. The van der Waals surface area contributed by atoms with E-state index in [1.165, 1.54) is 0 Å². The molecule has 0 saturated carbocycles. The summed E-state index contributed by atoms with van der Waals surface area (Å²) in [4.78, 5) is 12.9. The highest BCUT2D eigenvalue weighted by atomic mass is 32.1. The molecule has 0 bridgehead atoms. The predicted molar refractivity (Wildman–Crippen MR) is 88.1 cm³/mol. The summed E-state index contributed by atoms with van der Waals surface area (Å²) in [5.74, 6) is -0.132. The number of carbonyl (C=O) groups excluding carboxylic acids is 1. The molecule has 0 aliphatic rings. The van der Waals surface area contributed by atoms with Gasteiger partial charge in [-0.05, 0) is 30.4 Å². The number of benzene rings is 1. The number of rotatable bonds is 4. The first-order chi connectivity index (χ1) is 9.12. The average molecular weight is 292 g/mol. The molecule has 3 nitrogen and oxygen atoms in total. The van der Waals surface area contributed by atoms with Crippen molar-refractivity contribution in [1.29, 1.82) is 0 Å². The van der Waals surface area contributed by atoms with E-state index >= 15 is 0 Å². The second kappa shape index (κ2) is 5.92. The second-order valence-corrected chi connectivity index (χ2v) is 6.74. The quantitative estimate of drug-likeness (QED) is 0.838. The van der Waals surface area contributed by atoms with Gasteiger partial charge in [0.15, 0.2) is 0 Å². The Morgan fingerprint density at radius 3 is 2.25 bits per heavy atom. The van der Waals surface area contributed by atoms with Crippen LogP contribution in [0.5, 0.6) is 0 Å². The Balaban J connectivity index is 3.14. The fraction of sp³-hybridized carbons (Fsp3) is 0.500. The lowest BCUT2D eigenvalue weighted by Crippen LogP contribution is -2.54. The fourth-order valence-corrected chi connectivity index (χ4v) is 2.17. The molecule has 0 fully saturated rings. The molecular weight excluding hydrogens is 268 g/mol. The standard InChI is InChI=1S/C16H24N2OS/c1-6-16(5,14(17)20)18-13(19)11-9-7-8-10-12(11)15(2,3)4/h7-10H,6H2,1-5H3,(H2,17,20)(H,18,19). The van der Waals surface area contributed by atoms with E-state index in [1.54, 1.807) is 0 Å². The minimum atomic E-state index is -0.655. The van der Waals surface area contributed by atoms with Crippen molar-refractivity contribution in [1.82, 2.24) is 5.32 Å². The van der Waals surface area contributed by atoms with Gasteiger partial charge in [-0.3, -0.25) is 4.79 Å². The Morgan fingerprint density at radius 2 is 1.80 bits per heavy atom. The van der Waals surface area contributed by atoms with Gasteiger partial charge >= 0.3 is 0 Å². The molecule has 1 unspecified atom stereocenters. The van der Waals surface area contributed by atoms with Gasteiger partial charge in [-0.2, -0.15) is 0 Å². The zero-order chi connectivity index (χ0) is 15.6. The summed E-state index contributed by atoms with van der Waals surface area (Å²) in [5.41, 5.74) is 6.69. The van der Waals surface area contributed by atoms with Crippen molar-refractivity contribution in [3.05, 3.63) is 35.4 Å². The molecule has 1 aromatic rings. The van der Waals surface area contributed by atoms with Gasteiger partial charge in [0.05, 0.1) is 10.5 Å². The summed E-state index contributed by atoms with van der Waals surface area (Å²) in [6.45, 7) is 10.1. The van der Waals surface area contributed by atoms with Crippen molar-refractivity contribution in [2.75, 3.05) is 0 Å². The van der Waals surface area contributed by atoms with Crippen molar-refractivity contribution in [3.63, 3.8) is 0 Å². The summed E-state index contributed by atoms with van der Waals surface area (Å²) in [6.07, 6.45) is 0.658. The fourth-order valence-electron chi connectivity index (χ4n) is 1.98. The Bertz CT molecular complexity index is 519. The van der Waals surface area contributed by atoms with E-state index in [4.69, 9.17) is 18.0 Å². The van der Waals surface area contributed by atoms with Crippen molar-refractivity contribution in [2.45, 2.75) is 52.0 Å².